The van der Waals surface area contributed by atoms with E-state index in [9.17, 15) is 9.59 Å². The number of hydrogen-bond donors (Lipinski definition) is 0. The summed E-state index contributed by atoms with van der Waals surface area (Å²) in [7, 11) is 0. The zero-order valence-corrected chi connectivity index (χ0v) is 12.0. The van der Waals surface area contributed by atoms with Crippen molar-refractivity contribution in [3.63, 3.8) is 0 Å². The first-order valence-electron chi connectivity index (χ1n) is 6.32. The van der Waals surface area contributed by atoms with Crippen LogP contribution in [0.1, 0.15) is 17.4 Å². The Morgan fingerprint density at radius 1 is 1.29 bits per heavy atom. The van der Waals surface area contributed by atoms with E-state index in [2.05, 4.69) is 10.2 Å². The molecule has 0 bridgehead atoms. The number of aromatic nitrogens is 3. The molecule has 0 unspecified atom stereocenters. The fourth-order valence-electron chi connectivity index (χ4n) is 1.98. The van der Waals surface area contributed by atoms with Crippen molar-refractivity contribution in [1.82, 2.24) is 14.6 Å². The van der Waals surface area contributed by atoms with Gasteiger partial charge in [0.1, 0.15) is 5.69 Å². The highest BCUT2D eigenvalue weighted by atomic mass is 32.1. The third kappa shape index (κ3) is 2.43. The molecular weight excluding hydrogens is 290 g/mol. The normalized spacial score (nSPS) is 10.7. The molecule has 106 valence electrons. The fourth-order valence-corrected chi connectivity index (χ4v) is 2.69. The average molecular weight is 301 g/mol. The number of esters is 1. The van der Waals surface area contributed by atoms with Crippen LogP contribution in [0.3, 0.4) is 0 Å². The Labute approximate surface area is 123 Å². The molecule has 0 N–H and O–H groups in total. The summed E-state index contributed by atoms with van der Waals surface area (Å²) in [4.78, 5) is 24.1. The summed E-state index contributed by atoms with van der Waals surface area (Å²) in [6.45, 7) is 1.94. The third-order valence-corrected chi connectivity index (χ3v) is 3.60. The van der Waals surface area contributed by atoms with Crippen molar-refractivity contribution in [2.24, 2.45) is 0 Å². The van der Waals surface area contributed by atoms with Crippen LogP contribution in [-0.2, 0) is 4.74 Å². The summed E-state index contributed by atoms with van der Waals surface area (Å²) in [5.74, 6) is -0.0608. The lowest BCUT2D eigenvalue weighted by Crippen LogP contribution is -2.14. The van der Waals surface area contributed by atoms with E-state index < -0.39 is 5.97 Å². The molecule has 0 spiro atoms. The van der Waals surface area contributed by atoms with Gasteiger partial charge >= 0.3 is 5.97 Å². The predicted molar refractivity (Wildman–Crippen MR) is 78.5 cm³/mol. The van der Waals surface area contributed by atoms with E-state index in [1.54, 1.807) is 11.3 Å². The van der Waals surface area contributed by atoms with Gasteiger partial charge in [-0.2, -0.15) is 0 Å². The topological polar surface area (TPSA) is 73.6 Å². The molecule has 0 aliphatic carbocycles. The number of benzene rings is 1. The molecule has 2 heterocycles. The molecule has 2 aromatic heterocycles. The minimum absolute atomic E-state index is 0.138. The summed E-state index contributed by atoms with van der Waals surface area (Å²) in [6.07, 6.45) is 0. The summed E-state index contributed by atoms with van der Waals surface area (Å²) in [5.41, 5.74) is 0.945. The highest BCUT2D eigenvalue weighted by Gasteiger charge is 2.18. The van der Waals surface area contributed by atoms with Crippen molar-refractivity contribution < 1.29 is 9.53 Å². The molecule has 0 aliphatic heterocycles. The first-order chi connectivity index (χ1) is 10.2. The lowest BCUT2D eigenvalue weighted by atomic mass is 10.2. The molecule has 1 aromatic carbocycles. The minimum Gasteiger partial charge on any atom is -0.461 e. The largest absolute Gasteiger partial charge is 0.461 e. The van der Waals surface area contributed by atoms with Crippen LogP contribution in [0.25, 0.3) is 16.3 Å². The van der Waals surface area contributed by atoms with Gasteiger partial charge in [-0.3, -0.25) is 9.20 Å². The van der Waals surface area contributed by atoms with Gasteiger partial charge in [0.05, 0.1) is 6.61 Å². The maximum absolute atomic E-state index is 12.1. The lowest BCUT2D eigenvalue weighted by molar-refractivity contribution is 0.0518. The Balaban J connectivity index is 2.29. The number of hydrogen-bond acceptors (Lipinski definition) is 6. The van der Waals surface area contributed by atoms with Crippen LogP contribution in [0, 0.1) is 0 Å². The van der Waals surface area contributed by atoms with Gasteiger partial charge in [0.25, 0.3) is 0 Å². The second kappa shape index (κ2) is 5.45. The SMILES string of the molecule is CCOC(=O)c1cc(=O)sc2nnc(-c3ccccc3)n12. The van der Waals surface area contributed by atoms with Crippen molar-refractivity contribution in [3.05, 3.63) is 51.6 Å². The molecule has 0 fully saturated rings. The summed E-state index contributed by atoms with van der Waals surface area (Å²) < 4.78 is 6.29. The first-order valence-corrected chi connectivity index (χ1v) is 7.14. The third-order valence-electron chi connectivity index (χ3n) is 2.84. The number of carbonyl (C=O) groups is 1. The van der Waals surface area contributed by atoms with Crippen LogP contribution in [0.4, 0.5) is 0 Å². The summed E-state index contributed by atoms with van der Waals surface area (Å²) in [6, 6.07) is 10.6. The van der Waals surface area contributed by atoms with Crippen molar-refractivity contribution in [1.29, 1.82) is 0 Å². The molecule has 3 aromatic rings. The zero-order valence-electron chi connectivity index (χ0n) is 11.1. The molecule has 0 atom stereocenters. The lowest BCUT2D eigenvalue weighted by Gasteiger charge is -2.06. The summed E-state index contributed by atoms with van der Waals surface area (Å²) >= 11 is 0.933. The number of nitrogens with zero attached hydrogens (tertiary/aromatic N) is 3. The van der Waals surface area contributed by atoms with Crippen molar-refractivity contribution in [3.8, 4) is 11.4 Å². The Bertz CT molecular complexity index is 855. The monoisotopic (exact) mass is 301 g/mol. The van der Waals surface area contributed by atoms with Crippen LogP contribution < -0.4 is 4.74 Å². The van der Waals surface area contributed by atoms with E-state index in [-0.39, 0.29) is 17.0 Å². The van der Waals surface area contributed by atoms with E-state index in [1.165, 1.54) is 6.07 Å². The Morgan fingerprint density at radius 3 is 2.76 bits per heavy atom. The highest BCUT2D eigenvalue weighted by molar-refractivity contribution is 7.14. The smallest absolute Gasteiger partial charge is 0.355 e. The second-order valence-electron chi connectivity index (χ2n) is 4.18. The number of carbonyl (C=O) groups excluding carboxylic acids is 1. The van der Waals surface area contributed by atoms with E-state index in [0.29, 0.717) is 10.8 Å². The van der Waals surface area contributed by atoms with E-state index in [1.807, 2.05) is 30.3 Å². The standard InChI is InChI=1S/C14H11N3O3S/c1-2-20-13(19)10-8-11(18)21-14-16-15-12(17(10)14)9-6-4-3-5-7-9/h3-8H,2H2,1H3. The molecule has 0 radical (unpaired) electrons. The van der Waals surface area contributed by atoms with Crippen LogP contribution in [0.2, 0.25) is 0 Å². The van der Waals surface area contributed by atoms with Gasteiger partial charge in [-0.1, -0.05) is 41.7 Å². The molecule has 0 saturated carbocycles. The highest BCUT2D eigenvalue weighted by Crippen LogP contribution is 2.20. The Kier molecular flexibility index (Phi) is 3.49. The fraction of sp³-hybridized carbons (Fsp3) is 0.143. The van der Waals surface area contributed by atoms with Gasteiger partial charge in [-0.25, -0.2) is 4.79 Å². The molecular formula is C14H11N3O3S. The van der Waals surface area contributed by atoms with Gasteiger partial charge < -0.3 is 4.74 Å². The van der Waals surface area contributed by atoms with Crippen LogP contribution in [0.15, 0.2) is 41.2 Å². The summed E-state index contributed by atoms with van der Waals surface area (Å²) in [5, 5.41) is 8.07. The number of rotatable bonds is 3. The maximum atomic E-state index is 12.1. The van der Waals surface area contributed by atoms with Gasteiger partial charge in [0.15, 0.2) is 5.82 Å². The van der Waals surface area contributed by atoms with Crippen LogP contribution in [0.5, 0.6) is 0 Å². The molecule has 7 heteroatoms. The van der Waals surface area contributed by atoms with Crippen LogP contribution >= 0.6 is 11.3 Å². The molecule has 0 aliphatic rings. The quantitative estimate of drug-likeness (QED) is 0.692. The van der Waals surface area contributed by atoms with E-state index >= 15 is 0 Å². The predicted octanol–water partition coefficient (Wildman–Crippen LogP) is 1.99. The van der Waals surface area contributed by atoms with Gasteiger partial charge in [0, 0.05) is 11.6 Å². The average Bonchev–Trinajstić information content (AvgIpc) is 2.91. The zero-order chi connectivity index (χ0) is 14.8. The maximum Gasteiger partial charge on any atom is 0.355 e. The van der Waals surface area contributed by atoms with Crippen LogP contribution in [-0.4, -0.2) is 27.2 Å². The molecule has 3 rings (SSSR count). The molecule has 6 nitrogen and oxygen atoms in total. The van der Waals surface area contributed by atoms with Crippen molar-refractivity contribution in [2.45, 2.75) is 6.92 Å². The molecule has 0 amide bonds. The number of ether oxygens (including phenoxy) is 1. The van der Waals surface area contributed by atoms with E-state index in [4.69, 9.17) is 4.74 Å². The Hall–Kier alpha value is -2.54. The Morgan fingerprint density at radius 2 is 2.05 bits per heavy atom. The van der Waals surface area contributed by atoms with Crippen molar-refractivity contribution in [2.75, 3.05) is 6.61 Å². The molecule has 0 saturated heterocycles. The molecule has 21 heavy (non-hydrogen) atoms. The van der Waals surface area contributed by atoms with Crippen molar-refractivity contribution >= 4 is 22.3 Å². The number of fused-ring (bicyclic) bond motifs is 1. The van der Waals surface area contributed by atoms with Gasteiger partial charge in [-0.15, -0.1) is 10.2 Å². The van der Waals surface area contributed by atoms with Gasteiger partial charge in [0.2, 0.25) is 9.70 Å². The minimum atomic E-state index is -0.565. The second-order valence-corrected chi connectivity index (χ2v) is 5.15. The van der Waals surface area contributed by atoms with E-state index in [0.717, 1.165) is 16.9 Å². The first kappa shape index (κ1) is 13.4. The van der Waals surface area contributed by atoms with Gasteiger partial charge in [-0.05, 0) is 6.92 Å².